The number of halogens is 2. The Hall–Kier alpha value is -0.800. The van der Waals surface area contributed by atoms with E-state index in [0.717, 1.165) is 6.21 Å². The van der Waals surface area contributed by atoms with Crippen LogP contribution in [0.25, 0.3) is 0 Å². The van der Waals surface area contributed by atoms with E-state index in [4.69, 9.17) is 0 Å². The second-order valence-electron chi connectivity index (χ2n) is 2.59. The minimum absolute atomic E-state index is 0.0851. The largest absolute Gasteiger partial charge is 0.296 e. The van der Waals surface area contributed by atoms with Crippen molar-refractivity contribution in [2.45, 2.75) is 19.8 Å². The number of rotatable bonds is 2. The fourth-order valence-corrected chi connectivity index (χ4v) is 1.13. The summed E-state index contributed by atoms with van der Waals surface area (Å²) in [7, 11) is 0. The van der Waals surface area contributed by atoms with Crippen LogP contribution in [-0.2, 0) is 4.79 Å². The van der Waals surface area contributed by atoms with Gasteiger partial charge in [-0.05, 0) is 6.42 Å². The number of alkyl halides is 2. The molecular formula is C7H9F2NO. The highest BCUT2D eigenvalue weighted by atomic mass is 19.3. The molecule has 11 heavy (non-hydrogen) atoms. The molecule has 0 bridgehead atoms. The molecule has 0 saturated carbocycles. The van der Waals surface area contributed by atoms with Gasteiger partial charge in [-0.25, -0.2) is 8.78 Å². The Bertz CT molecular complexity index is 203. The Morgan fingerprint density at radius 2 is 2.45 bits per heavy atom. The molecule has 2 nitrogen and oxygen atoms in total. The van der Waals surface area contributed by atoms with Gasteiger partial charge in [0.1, 0.15) is 5.41 Å². The number of hydrogen-bond acceptors (Lipinski definition) is 2. The van der Waals surface area contributed by atoms with Gasteiger partial charge < -0.3 is 0 Å². The van der Waals surface area contributed by atoms with E-state index in [9.17, 15) is 13.6 Å². The highest BCUT2D eigenvalue weighted by molar-refractivity contribution is 6.05. The molecule has 0 radical (unpaired) electrons. The van der Waals surface area contributed by atoms with E-state index in [-0.39, 0.29) is 13.0 Å². The van der Waals surface area contributed by atoms with E-state index in [1.807, 2.05) is 0 Å². The third-order valence-corrected chi connectivity index (χ3v) is 2.05. The second kappa shape index (κ2) is 2.68. The predicted octanol–water partition coefficient (Wildman–Crippen LogP) is 1.30. The maximum atomic E-state index is 12.3. The molecule has 4 heteroatoms. The molecule has 0 aromatic heterocycles. The number of ketones is 1. The molecule has 1 atom stereocenters. The van der Waals surface area contributed by atoms with Crippen molar-refractivity contribution in [3.63, 3.8) is 0 Å². The number of nitrogens with zero attached hydrogens (tertiary/aromatic N) is 1. The molecule has 1 rings (SSSR count). The monoisotopic (exact) mass is 161 g/mol. The van der Waals surface area contributed by atoms with E-state index < -0.39 is 17.6 Å². The molecule has 0 aromatic rings. The maximum Gasteiger partial charge on any atom is 0.256 e. The lowest BCUT2D eigenvalue weighted by molar-refractivity contribution is -0.129. The summed E-state index contributed by atoms with van der Waals surface area (Å²) in [6.07, 6.45) is -1.39. The molecular weight excluding hydrogens is 152 g/mol. The van der Waals surface area contributed by atoms with Crippen molar-refractivity contribution in [3.8, 4) is 0 Å². The van der Waals surface area contributed by atoms with E-state index >= 15 is 0 Å². The number of carbonyl (C=O) groups is 1. The van der Waals surface area contributed by atoms with Crippen molar-refractivity contribution in [1.29, 1.82) is 0 Å². The first kappa shape index (κ1) is 8.30. The van der Waals surface area contributed by atoms with Crippen molar-refractivity contribution >= 4 is 12.0 Å². The molecule has 0 aromatic carbocycles. The smallest absolute Gasteiger partial charge is 0.256 e. The van der Waals surface area contributed by atoms with Crippen LogP contribution in [0, 0.1) is 5.41 Å². The molecule has 1 aliphatic heterocycles. The SMILES string of the molecule is CCC1(C(F)F)C=NCC1=O. The van der Waals surface area contributed by atoms with Gasteiger partial charge in [0.2, 0.25) is 0 Å². The quantitative estimate of drug-likeness (QED) is 0.600. The van der Waals surface area contributed by atoms with Crippen LogP contribution in [0.15, 0.2) is 4.99 Å². The van der Waals surface area contributed by atoms with Crippen LogP contribution in [0.3, 0.4) is 0 Å². The van der Waals surface area contributed by atoms with Crippen molar-refractivity contribution in [1.82, 2.24) is 0 Å². The first-order chi connectivity index (χ1) is 5.13. The summed E-state index contributed by atoms with van der Waals surface area (Å²) in [6.45, 7) is 1.49. The minimum Gasteiger partial charge on any atom is -0.296 e. The lowest BCUT2D eigenvalue weighted by atomic mass is 9.84. The molecule has 1 aliphatic rings. The van der Waals surface area contributed by atoms with Crippen LogP contribution in [0.4, 0.5) is 8.78 Å². The van der Waals surface area contributed by atoms with Crippen molar-refractivity contribution < 1.29 is 13.6 Å². The van der Waals surface area contributed by atoms with Crippen LogP contribution >= 0.6 is 0 Å². The molecule has 0 amide bonds. The third kappa shape index (κ3) is 1.06. The summed E-state index contributed by atoms with van der Waals surface area (Å²) in [6, 6.07) is 0. The van der Waals surface area contributed by atoms with Gasteiger partial charge in [-0.3, -0.25) is 9.79 Å². The normalized spacial score (nSPS) is 30.4. The number of carbonyl (C=O) groups excluding carboxylic acids is 1. The Morgan fingerprint density at radius 3 is 2.64 bits per heavy atom. The fourth-order valence-electron chi connectivity index (χ4n) is 1.13. The van der Waals surface area contributed by atoms with Gasteiger partial charge in [0.05, 0.1) is 6.54 Å². The second-order valence-corrected chi connectivity index (χ2v) is 2.59. The first-order valence-electron chi connectivity index (χ1n) is 3.46. The van der Waals surface area contributed by atoms with Crippen LogP contribution in [0.5, 0.6) is 0 Å². The Balaban J connectivity index is 2.91. The van der Waals surface area contributed by atoms with Crippen molar-refractivity contribution in [3.05, 3.63) is 0 Å². The number of Topliss-reactive ketones (excluding diaryl/α,β-unsaturated/α-hetero) is 1. The summed E-state index contributed by atoms with van der Waals surface area (Å²) < 4.78 is 24.7. The molecule has 0 N–H and O–H groups in total. The molecule has 1 unspecified atom stereocenters. The summed E-state index contributed by atoms with van der Waals surface area (Å²) in [5.41, 5.74) is -1.57. The Labute approximate surface area is 63.3 Å². The van der Waals surface area contributed by atoms with Crippen LogP contribution in [0.2, 0.25) is 0 Å². The van der Waals surface area contributed by atoms with Crippen LogP contribution in [-0.4, -0.2) is 25.0 Å². The van der Waals surface area contributed by atoms with Gasteiger partial charge in [-0.15, -0.1) is 0 Å². The average molecular weight is 161 g/mol. The van der Waals surface area contributed by atoms with Crippen LogP contribution < -0.4 is 0 Å². The molecule has 1 heterocycles. The summed E-state index contributed by atoms with van der Waals surface area (Å²) in [4.78, 5) is 14.5. The lowest BCUT2D eigenvalue weighted by Gasteiger charge is -2.20. The van der Waals surface area contributed by atoms with Gasteiger partial charge in [0.15, 0.2) is 5.78 Å². The topological polar surface area (TPSA) is 29.4 Å². The average Bonchev–Trinajstić information content (AvgIpc) is 2.32. The number of hydrogen-bond donors (Lipinski definition) is 0. The number of aliphatic imine (C=N–C) groups is 1. The van der Waals surface area contributed by atoms with Gasteiger partial charge in [0, 0.05) is 6.21 Å². The summed E-state index contributed by atoms with van der Waals surface area (Å²) in [5.74, 6) is -0.463. The molecule has 0 spiro atoms. The minimum atomic E-state index is -2.62. The van der Waals surface area contributed by atoms with Crippen LogP contribution in [0.1, 0.15) is 13.3 Å². The highest BCUT2D eigenvalue weighted by Gasteiger charge is 2.46. The molecule has 0 aliphatic carbocycles. The summed E-state index contributed by atoms with van der Waals surface area (Å²) >= 11 is 0. The van der Waals surface area contributed by atoms with E-state index in [1.165, 1.54) is 0 Å². The molecule has 0 fully saturated rings. The third-order valence-electron chi connectivity index (χ3n) is 2.05. The Kier molecular flexibility index (Phi) is 2.02. The van der Waals surface area contributed by atoms with E-state index in [1.54, 1.807) is 6.92 Å². The maximum absolute atomic E-state index is 12.3. The van der Waals surface area contributed by atoms with Crippen molar-refractivity contribution in [2.75, 3.05) is 6.54 Å². The zero-order valence-electron chi connectivity index (χ0n) is 6.18. The standard InChI is InChI=1S/C7H9F2NO/c1-2-7(6(8)9)4-10-3-5(7)11/h4,6H,2-3H2,1H3. The summed E-state index contributed by atoms with van der Waals surface area (Å²) in [5, 5.41) is 0. The van der Waals surface area contributed by atoms with Gasteiger partial charge >= 0.3 is 0 Å². The first-order valence-corrected chi connectivity index (χ1v) is 3.46. The predicted molar refractivity (Wildman–Crippen MR) is 37.1 cm³/mol. The van der Waals surface area contributed by atoms with E-state index in [2.05, 4.69) is 4.99 Å². The fraction of sp³-hybridized carbons (Fsp3) is 0.714. The van der Waals surface area contributed by atoms with E-state index in [0.29, 0.717) is 0 Å². The lowest BCUT2D eigenvalue weighted by Crippen LogP contribution is -2.36. The van der Waals surface area contributed by atoms with Crippen molar-refractivity contribution in [2.24, 2.45) is 10.4 Å². The van der Waals surface area contributed by atoms with Gasteiger partial charge in [0.25, 0.3) is 6.43 Å². The van der Waals surface area contributed by atoms with Gasteiger partial charge in [-0.2, -0.15) is 0 Å². The van der Waals surface area contributed by atoms with Gasteiger partial charge in [-0.1, -0.05) is 6.92 Å². The Morgan fingerprint density at radius 1 is 1.82 bits per heavy atom. The molecule has 62 valence electrons. The zero-order valence-corrected chi connectivity index (χ0v) is 6.18. The zero-order chi connectivity index (χ0) is 8.48. The molecule has 0 saturated heterocycles. The highest BCUT2D eigenvalue weighted by Crippen LogP contribution is 2.32.